The quantitative estimate of drug-likeness (QED) is 0.784. The first-order valence-corrected chi connectivity index (χ1v) is 7.50. The lowest BCUT2D eigenvalue weighted by Gasteiger charge is -2.32. The van der Waals surface area contributed by atoms with Crippen molar-refractivity contribution in [3.05, 3.63) is 23.8 Å². The SMILES string of the molecule is COc1ccc(C(=O)N2CCOC(CBr)C2)c(OC)c1. The number of hydrogen-bond acceptors (Lipinski definition) is 4. The van der Waals surface area contributed by atoms with Crippen LogP contribution in [0.15, 0.2) is 18.2 Å². The highest BCUT2D eigenvalue weighted by Gasteiger charge is 2.26. The molecule has 1 aromatic rings. The standard InChI is InChI=1S/C14H18BrNO4/c1-18-10-3-4-12(13(7-10)19-2)14(17)16-5-6-20-11(8-15)9-16/h3-4,7,11H,5-6,8-9H2,1-2H3. The molecule has 20 heavy (non-hydrogen) atoms. The van der Waals surface area contributed by atoms with E-state index in [-0.39, 0.29) is 12.0 Å². The summed E-state index contributed by atoms with van der Waals surface area (Å²) in [5, 5.41) is 0.719. The van der Waals surface area contributed by atoms with E-state index in [0.29, 0.717) is 36.8 Å². The molecule has 1 atom stereocenters. The fourth-order valence-electron chi connectivity index (χ4n) is 2.14. The summed E-state index contributed by atoms with van der Waals surface area (Å²) in [6.45, 7) is 1.73. The van der Waals surface area contributed by atoms with Crippen LogP contribution in [0.4, 0.5) is 0 Å². The zero-order chi connectivity index (χ0) is 14.5. The Hall–Kier alpha value is -1.27. The van der Waals surface area contributed by atoms with E-state index < -0.39 is 0 Å². The summed E-state index contributed by atoms with van der Waals surface area (Å²) in [4.78, 5) is 14.4. The molecule has 1 aliphatic heterocycles. The Morgan fingerprint density at radius 3 is 2.90 bits per heavy atom. The molecular weight excluding hydrogens is 326 g/mol. The number of benzene rings is 1. The summed E-state index contributed by atoms with van der Waals surface area (Å²) in [5.74, 6) is 1.15. The maximum atomic E-state index is 12.6. The molecule has 1 aromatic carbocycles. The molecule has 1 unspecified atom stereocenters. The highest BCUT2D eigenvalue weighted by Crippen LogP contribution is 2.26. The number of methoxy groups -OCH3 is 2. The molecule has 0 aromatic heterocycles. The number of carbonyl (C=O) groups is 1. The fourth-order valence-corrected chi connectivity index (χ4v) is 2.53. The Morgan fingerprint density at radius 2 is 2.25 bits per heavy atom. The van der Waals surface area contributed by atoms with E-state index in [9.17, 15) is 4.79 Å². The Morgan fingerprint density at radius 1 is 1.45 bits per heavy atom. The number of carbonyl (C=O) groups excluding carboxylic acids is 1. The predicted octanol–water partition coefficient (Wildman–Crippen LogP) is 1.94. The van der Waals surface area contributed by atoms with Crippen LogP contribution >= 0.6 is 15.9 Å². The number of morpholine rings is 1. The molecule has 0 bridgehead atoms. The molecule has 0 saturated carbocycles. The molecule has 1 aliphatic rings. The number of ether oxygens (including phenoxy) is 3. The molecule has 0 N–H and O–H groups in total. The Kier molecular flexibility index (Phi) is 5.25. The molecule has 2 rings (SSSR count). The van der Waals surface area contributed by atoms with E-state index in [0.717, 1.165) is 5.33 Å². The third kappa shape index (κ3) is 3.24. The predicted molar refractivity (Wildman–Crippen MR) is 79.0 cm³/mol. The molecule has 1 heterocycles. The smallest absolute Gasteiger partial charge is 0.257 e. The van der Waals surface area contributed by atoms with Gasteiger partial charge in [-0.05, 0) is 12.1 Å². The topological polar surface area (TPSA) is 48.0 Å². The van der Waals surface area contributed by atoms with Gasteiger partial charge < -0.3 is 19.1 Å². The van der Waals surface area contributed by atoms with Gasteiger partial charge in [-0.25, -0.2) is 0 Å². The zero-order valence-corrected chi connectivity index (χ0v) is 13.2. The van der Waals surface area contributed by atoms with Crippen molar-refractivity contribution >= 4 is 21.8 Å². The summed E-state index contributed by atoms with van der Waals surface area (Å²) >= 11 is 3.39. The van der Waals surface area contributed by atoms with Crippen LogP contribution in [0.5, 0.6) is 11.5 Å². The van der Waals surface area contributed by atoms with Gasteiger partial charge in [0.1, 0.15) is 11.5 Å². The minimum atomic E-state index is -0.0428. The van der Waals surface area contributed by atoms with Crippen LogP contribution in [-0.2, 0) is 4.74 Å². The highest BCUT2D eigenvalue weighted by atomic mass is 79.9. The summed E-state index contributed by atoms with van der Waals surface area (Å²) in [5.41, 5.74) is 0.545. The van der Waals surface area contributed by atoms with Crippen molar-refractivity contribution in [2.24, 2.45) is 0 Å². The first-order valence-electron chi connectivity index (χ1n) is 6.38. The van der Waals surface area contributed by atoms with Gasteiger partial charge >= 0.3 is 0 Å². The lowest BCUT2D eigenvalue weighted by Crippen LogP contribution is -2.46. The van der Waals surface area contributed by atoms with Crippen LogP contribution in [0.25, 0.3) is 0 Å². The van der Waals surface area contributed by atoms with Gasteiger partial charge in [0, 0.05) is 24.5 Å². The van der Waals surface area contributed by atoms with Gasteiger partial charge in [-0.2, -0.15) is 0 Å². The lowest BCUT2D eigenvalue weighted by atomic mass is 10.1. The third-order valence-corrected chi connectivity index (χ3v) is 3.96. The highest BCUT2D eigenvalue weighted by molar-refractivity contribution is 9.09. The van der Waals surface area contributed by atoms with Gasteiger partial charge in [-0.3, -0.25) is 4.79 Å². The zero-order valence-electron chi connectivity index (χ0n) is 11.6. The number of amides is 1. The summed E-state index contributed by atoms with van der Waals surface area (Å²) in [6, 6.07) is 5.21. The van der Waals surface area contributed by atoms with Gasteiger partial charge in [0.15, 0.2) is 0 Å². The number of rotatable bonds is 4. The average Bonchev–Trinajstić information content (AvgIpc) is 2.53. The van der Waals surface area contributed by atoms with Crippen LogP contribution in [0.3, 0.4) is 0 Å². The molecule has 1 fully saturated rings. The van der Waals surface area contributed by atoms with Gasteiger partial charge in [0.2, 0.25) is 0 Å². The Bertz CT molecular complexity index is 480. The third-order valence-electron chi connectivity index (χ3n) is 3.24. The van der Waals surface area contributed by atoms with Crippen molar-refractivity contribution in [1.29, 1.82) is 0 Å². The fraction of sp³-hybridized carbons (Fsp3) is 0.500. The molecule has 6 heteroatoms. The number of alkyl halides is 1. The second-order valence-electron chi connectivity index (χ2n) is 4.46. The van der Waals surface area contributed by atoms with E-state index >= 15 is 0 Å². The van der Waals surface area contributed by atoms with Gasteiger partial charge in [0.05, 0.1) is 32.5 Å². The molecule has 1 amide bonds. The van der Waals surface area contributed by atoms with Crippen LogP contribution in [0.1, 0.15) is 10.4 Å². The number of halogens is 1. The van der Waals surface area contributed by atoms with Crippen molar-refractivity contribution in [3.63, 3.8) is 0 Å². The summed E-state index contributed by atoms with van der Waals surface area (Å²) in [7, 11) is 3.13. The average molecular weight is 344 g/mol. The summed E-state index contributed by atoms with van der Waals surface area (Å²) < 4.78 is 16.0. The van der Waals surface area contributed by atoms with E-state index in [1.165, 1.54) is 0 Å². The monoisotopic (exact) mass is 343 g/mol. The second-order valence-corrected chi connectivity index (χ2v) is 5.11. The van der Waals surface area contributed by atoms with Crippen LogP contribution in [0.2, 0.25) is 0 Å². The van der Waals surface area contributed by atoms with Crippen LogP contribution in [-0.4, -0.2) is 56.2 Å². The molecule has 5 nitrogen and oxygen atoms in total. The minimum Gasteiger partial charge on any atom is -0.497 e. The van der Waals surface area contributed by atoms with Crippen LogP contribution < -0.4 is 9.47 Å². The lowest BCUT2D eigenvalue weighted by molar-refractivity contribution is -0.00975. The van der Waals surface area contributed by atoms with E-state index in [4.69, 9.17) is 14.2 Å². The Labute approximate surface area is 126 Å². The van der Waals surface area contributed by atoms with Crippen molar-refractivity contribution in [1.82, 2.24) is 4.90 Å². The maximum absolute atomic E-state index is 12.6. The van der Waals surface area contributed by atoms with E-state index in [1.54, 1.807) is 37.3 Å². The molecule has 0 radical (unpaired) electrons. The van der Waals surface area contributed by atoms with Gasteiger partial charge in [-0.1, -0.05) is 15.9 Å². The van der Waals surface area contributed by atoms with E-state index in [2.05, 4.69) is 15.9 Å². The number of hydrogen-bond donors (Lipinski definition) is 0. The minimum absolute atomic E-state index is 0.0388. The number of nitrogens with zero attached hydrogens (tertiary/aromatic N) is 1. The normalized spacial score (nSPS) is 18.8. The van der Waals surface area contributed by atoms with Gasteiger partial charge in [-0.15, -0.1) is 0 Å². The largest absolute Gasteiger partial charge is 0.497 e. The molecule has 1 saturated heterocycles. The second kappa shape index (κ2) is 6.95. The molecule has 0 aliphatic carbocycles. The van der Waals surface area contributed by atoms with Crippen molar-refractivity contribution in [3.8, 4) is 11.5 Å². The van der Waals surface area contributed by atoms with E-state index in [1.807, 2.05) is 0 Å². The van der Waals surface area contributed by atoms with Crippen molar-refractivity contribution < 1.29 is 19.0 Å². The molecular formula is C14H18BrNO4. The molecule has 0 spiro atoms. The summed E-state index contributed by atoms with van der Waals surface area (Å²) in [6.07, 6.45) is 0.0388. The molecule has 110 valence electrons. The Balaban J connectivity index is 2.19. The first-order chi connectivity index (χ1) is 9.69. The van der Waals surface area contributed by atoms with Crippen molar-refractivity contribution in [2.45, 2.75) is 6.10 Å². The van der Waals surface area contributed by atoms with Gasteiger partial charge in [0.25, 0.3) is 5.91 Å². The van der Waals surface area contributed by atoms with Crippen molar-refractivity contribution in [2.75, 3.05) is 39.2 Å². The maximum Gasteiger partial charge on any atom is 0.257 e. The van der Waals surface area contributed by atoms with Crippen LogP contribution in [0, 0.1) is 0 Å². The first kappa shape index (κ1) is 15.1.